The van der Waals surface area contributed by atoms with E-state index in [9.17, 15) is 0 Å². The Kier molecular flexibility index (Phi) is 2.52. The van der Waals surface area contributed by atoms with Gasteiger partial charge in [0.1, 0.15) is 11.5 Å². The number of hydrogen-bond acceptors (Lipinski definition) is 3. The fourth-order valence-corrected chi connectivity index (χ4v) is 2.21. The van der Waals surface area contributed by atoms with Crippen LogP contribution in [0.1, 0.15) is 11.1 Å². The minimum atomic E-state index is 0.418. The SMILES string of the molecule is Cc1cc(C)cc(-c2nnc3cc(Cl)ncn23)c1. The second-order valence-electron chi connectivity index (χ2n) is 4.34. The number of benzene rings is 1. The topological polar surface area (TPSA) is 43.1 Å². The van der Waals surface area contributed by atoms with Crippen LogP contribution < -0.4 is 0 Å². The number of nitrogens with zero attached hydrogens (tertiary/aromatic N) is 4. The third-order valence-corrected chi connectivity index (χ3v) is 2.95. The third kappa shape index (κ3) is 1.84. The Morgan fingerprint density at radius 1 is 1.00 bits per heavy atom. The molecule has 3 rings (SSSR count). The molecule has 0 radical (unpaired) electrons. The summed E-state index contributed by atoms with van der Waals surface area (Å²) >= 11 is 5.83. The van der Waals surface area contributed by atoms with Gasteiger partial charge in [0.25, 0.3) is 0 Å². The lowest BCUT2D eigenvalue weighted by atomic mass is 10.1. The van der Waals surface area contributed by atoms with Gasteiger partial charge in [-0.25, -0.2) is 4.98 Å². The quantitative estimate of drug-likeness (QED) is 0.630. The van der Waals surface area contributed by atoms with Gasteiger partial charge in [0.05, 0.1) is 0 Å². The minimum absolute atomic E-state index is 0.418. The van der Waals surface area contributed by atoms with E-state index in [0.29, 0.717) is 10.8 Å². The van der Waals surface area contributed by atoms with Crippen LogP contribution in [0.15, 0.2) is 30.6 Å². The van der Waals surface area contributed by atoms with E-state index in [4.69, 9.17) is 11.6 Å². The largest absolute Gasteiger partial charge is 0.265 e. The van der Waals surface area contributed by atoms with Crippen LogP contribution in [0.3, 0.4) is 0 Å². The molecule has 0 saturated carbocycles. The van der Waals surface area contributed by atoms with Crippen LogP contribution in [0.2, 0.25) is 5.15 Å². The molecule has 3 aromatic rings. The first-order valence-electron chi connectivity index (χ1n) is 5.58. The standard InChI is InChI=1S/C13H11ClN4/c1-8-3-9(2)5-10(4-8)13-17-16-12-6-11(14)15-7-18(12)13/h3-7H,1-2H3. The van der Waals surface area contributed by atoms with Crippen molar-refractivity contribution in [3.8, 4) is 11.4 Å². The van der Waals surface area contributed by atoms with Gasteiger partial charge in [0.15, 0.2) is 11.5 Å². The molecule has 0 amide bonds. The number of aryl methyl sites for hydroxylation is 2. The summed E-state index contributed by atoms with van der Waals surface area (Å²) in [7, 11) is 0. The van der Waals surface area contributed by atoms with Crippen molar-refractivity contribution >= 4 is 17.2 Å². The molecule has 0 saturated heterocycles. The molecule has 0 bridgehead atoms. The highest BCUT2D eigenvalue weighted by molar-refractivity contribution is 6.29. The summed E-state index contributed by atoms with van der Waals surface area (Å²) in [5.74, 6) is 0.779. The zero-order valence-corrected chi connectivity index (χ0v) is 10.8. The molecule has 18 heavy (non-hydrogen) atoms. The highest BCUT2D eigenvalue weighted by Gasteiger charge is 2.09. The Morgan fingerprint density at radius 3 is 2.44 bits per heavy atom. The van der Waals surface area contributed by atoms with Gasteiger partial charge in [-0.3, -0.25) is 4.40 Å². The smallest absolute Gasteiger partial charge is 0.169 e. The van der Waals surface area contributed by atoms with Crippen molar-refractivity contribution < 1.29 is 0 Å². The second-order valence-corrected chi connectivity index (χ2v) is 4.73. The van der Waals surface area contributed by atoms with Crippen molar-refractivity contribution in [2.75, 3.05) is 0 Å². The maximum atomic E-state index is 5.83. The molecule has 2 heterocycles. The average Bonchev–Trinajstić information content (AvgIpc) is 2.70. The Balaban J connectivity index is 2.25. The monoisotopic (exact) mass is 258 g/mol. The lowest BCUT2D eigenvalue weighted by Crippen LogP contribution is -1.92. The summed E-state index contributed by atoms with van der Waals surface area (Å²) in [5, 5.41) is 8.73. The zero-order chi connectivity index (χ0) is 12.7. The predicted molar refractivity (Wildman–Crippen MR) is 70.7 cm³/mol. The summed E-state index contributed by atoms with van der Waals surface area (Å²) in [5.41, 5.74) is 4.13. The summed E-state index contributed by atoms with van der Waals surface area (Å²) in [4.78, 5) is 4.06. The molecule has 0 aliphatic rings. The van der Waals surface area contributed by atoms with Gasteiger partial charge in [-0.05, 0) is 26.0 Å². The minimum Gasteiger partial charge on any atom is -0.265 e. The van der Waals surface area contributed by atoms with E-state index in [1.54, 1.807) is 12.4 Å². The zero-order valence-electron chi connectivity index (χ0n) is 10.1. The van der Waals surface area contributed by atoms with Crippen LogP contribution in [-0.4, -0.2) is 19.6 Å². The van der Waals surface area contributed by atoms with Gasteiger partial charge in [-0.2, -0.15) is 0 Å². The van der Waals surface area contributed by atoms with E-state index in [1.165, 1.54) is 11.1 Å². The molecule has 1 aromatic carbocycles. The van der Waals surface area contributed by atoms with Crippen molar-refractivity contribution in [1.29, 1.82) is 0 Å². The molecule has 0 unspecified atom stereocenters. The van der Waals surface area contributed by atoms with Crippen LogP contribution >= 0.6 is 11.6 Å². The Labute approximate surface area is 109 Å². The van der Waals surface area contributed by atoms with E-state index in [2.05, 4.69) is 47.2 Å². The van der Waals surface area contributed by atoms with Crippen molar-refractivity contribution in [3.63, 3.8) is 0 Å². The summed E-state index contributed by atoms with van der Waals surface area (Å²) in [6, 6.07) is 7.98. The first kappa shape index (κ1) is 11.2. The van der Waals surface area contributed by atoms with E-state index in [1.807, 2.05) is 4.40 Å². The third-order valence-electron chi connectivity index (χ3n) is 2.75. The van der Waals surface area contributed by atoms with E-state index >= 15 is 0 Å². The fourth-order valence-electron chi connectivity index (χ4n) is 2.07. The van der Waals surface area contributed by atoms with Gasteiger partial charge in [0, 0.05) is 11.6 Å². The molecule has 5 heteroatoms. The van der Waals surface area contributed by atoms with Crippen LogP contribution in [0.25, 0.3) is 17.0 Å². The first-order valence-corrected chi connectivity index (χ1v) is 5.96. The molecule has 0 aliphatic heterocycles. The maximum Gasteiger partial charge on any atom is 0.169 e. The van der Waals surface area contributed by atoms with Gasteiger partial charge in [0.2, 0.25) is 0 Å². The summed E-state index contributed by atoms with van der Waals surface area (Å²) in [6.07, 6.45) is 1.64. The highest BCUT2D eigenvalue weighted by atomic mass is 35.5. The lowest BCUT2D eigenvalue weighted by Gasteiger charge is -2.03. The van der Waals surface area contributed by atoms with E-state index in [0.717, 1.165) is 11.4 Å². The molecule has 4 nitrogen and oxygen atoms in total. The van der Waals surface area contributed by atoms with Crippen LogP contribution in [0, 0.1) is 13.8 Å². The number of aromatic nitrogens is 4. The van der Waals surface area contributed by atoms with E-state index < -0.39 is 0 Å². The van der Waals surface area contributed by atoms with Crippen LogP contribution in [0.4, 0.5) is 0 Å². The molecular weight excluding hydrogens is 248 g/mol. The van der Waals surface area contributed by atoms with Crippen molar-refractivity contribution in [3.05, 3.63) is 46.9 Å². The number of rotatable bonds is 1. The Morgan fingerprint density at radius 2 is 1.72 bits per heavy atom. The number of fused-ring (bicyclic) bond motifs is 1. The molecule has 90 valence electrons. The van der Waals surface area contributed by atoms with Gasteiger partial charge in [-0.1, -0.05) is 28.8 Å². The maximum absolute atomic E-state index is 5.83. The normalized spacial score (nSPS) is 11.1. The summed E-state index contributed by atoms with van der Waals surface area (Å²) < 4.78 is 1.83. The van der Waals surface area contributed by atoms with Crippen molar-refractivity contribution in [2.24, 2.45) is 0 Å². The molecule has 0 N–H and O–H groups in total. The second kappa shape index (κ2) is 4.07. The van der Waals surface area contributed by atoms with Crippen molar-refractivity contribution in [2.45, 2.75) is 13.8 Å². The Bertz CT molecular complexity index is 713. The number of halogens is 1. The molecule has 2 aromatic heterocycles. The van der Waals surface area contributed by atoms with Crippen LogP contribution in [-0.2, 0) is 0 Å². The van der Waals surface area contributed by atoms with Gasteiger partial charge >= 0.3 is 0 Å². The summed E-state index contributed by atoms with van der Waals surface area (Å²) in [6.45, 7) is 4.13. The molecular formula is C13H11ClN4. The molecule has 0 atom stereocenters. The van der Waals surface area contributed by atoms with Crippen molar-refractivity contribution in [1.82, 2.24) is 19.6 Å². The molecule has 0 fully saturated rings. The van der Waals surface area contributed by atoms with E-state index in [-0.39, 0.29) is 0 Å². The molecule has 0 aliphatic carbocycles. The number of hydrogen-bond donors (Lipinski definition) is 0. The predicted octanol–water partition coefficient (Wildman–Crippen LogP) is 3.06. The average molecular weight is 259 g/mol. The van der Waals surface area contributed by atoms with Gasteiger partial charge in [-0.15, -0.1) is 10.2 Å². The lowest BCUT2D eigenvalue weighted by molar-refractivity contribution is 1.08. The fraction of sp³-hybridized carbons (Fsp3) is 0.154. The first-order chi connectivity index (χ1) is 8.63. The van der Waals surface area contributed by atoms with Crippen LogP contribution in [0.5, 0.6) is 0 Å². The van der Waals surface area contributed by atoms with Gasteiger partial charge < -0.3 is 0 Å². The Hall–Kier alpha value is -1.94. The highest BCUT2D eigenvalue weighted by Crippen LogP contribution is 2.21. The molecule has 0 spiro atoms.